The van der Waals surface area contributed by atoms with Crippen molar-refractivity contribution in [3.8, 4) is 5.75 Å². The van der Waals surface area contributed by atoms with Crippen LogP contribution in [0.2, 0.25) is 0 Å². The Balaban J connectivity index is 1.52. The fourth-order valence-electron chi connectivity index (χ4n) is 3.17. The Morgan fingerprint density at radius 2 is 1.79 bits per heavy atom. The summed E-state index contributed by atoms with van der Waals surface area (Å²) in [7, 11) is 0. The molecule has 0 heterocycles. The van der Waals surface area contributed by atoms with Gasteiger partial charge in [0, 0.05) is 0 Å². The fourth-order valence-corrected chi connectivity index (χ4v) is 3.17. The SMILES string of the molecule is Cc1ccc([C@@H](C)NC(=O)COc2ccc3c(c2)CCCC3)cc1. The maximum absolute atomic E-state index is 12.1. The molecule has 0 spiro atoms. The molecule has 2 aromatic rings. The molecule has 3 heteroatoms. The molecular formula is C21H25NO2. The minimum absolute atomic E-state index is 0.0229. The van der Waals surface area contributed by atoms with Crippen molar-refractivity contribution in [2.45, 2.75) is 45.6 Å². The monoisotopic (exact) mass is 323 g/mol. The topological polar surface area (TPSA) is 38.3 Å². The van der Waals surface area contributed by atoms with Crippen LogP contribution in [-0.2, 0) is 17.6 Å². The van der Waals surface area contributed by atoms with Gasteiger partial charge in [0.1, 0.15) is 5.75 Å². The van der Waals surface area contributed by atoms with E-state index >= 15 is 0 Å². The summed E-state index contributed by atoms with van der Waals surface area (Å²) in [4.78, 5) is 12.1. The van der Waals surface area contributed by atoms with Gasteiger partial charge in [-0.15, -0.1) is 0 Å². The number of carbonyl (C=O) groups is 1. The Morgan fingerprint density at radius 1 is 1.08 bits per heavy atom. The summed E-state index contributed by atoms with van der Waals surface area (Å²) in [6.07, 6.45) is 4.78. The first-order valence-corrected chi connectivity index (χ1v) is 8.72. The van der Waals surface area contributed by atoms with Crippen molar-refractivity contribution in [3.05, 3.63) is 64.7 Å². The molecule has 1 atom stereocenters. The number of nitrogens with one attached hydrogen (secondary N) is 1. The molecule has 0 bridgehead atoms. The molecule has 1 amide bonds. The summed E-state index contributed by atoms with van der Waals surface area (Å²) < 4.78 is 5.68. The lowest BCUT2D eigenvalue weighted by molar-refractivity contribution is -0.123. The fraction of sp³-hybridized carbons (Fsp3) is 0.381. The predicted octanol–water partition coefficient (Wildman–Crippen LogP) is 4.13. The molecule has 0 saturated carbocycles. The molecule has 0 aromatic heterocycles. The highest BCUT2D eigenvalue weighted by Gasteiger charge is 2.12. The lowest BCUT2D eigenvalue weighted by Crippen LogP contribution is -2.31. The van der Waals surface area contributed by atoms with Crippen molar-refractivity contribution >= 4 is 5.91 Å². The van der Waals surface area contributed by atoms with E-state index in [9.17, 15) is 4.79 Å². The first-order chi connectivity index (χ1) is 11.6. The van der Waals surface area contributed by atoms with E-state index in [0.717, 1.165) is 24.2 Å². The molecule has 126 valence electrons. The van der Waals surface area contributed by atoms with Gasteiger partial charge in [-0.1, -0.05) is 35.9 Å². The molecule has 3 rings (SSSR count). The van der Waals surface area contributed by atoms with Crippen LogP contribution in [-0.4, -0.2) is 12.5 Å². The molecule has 1 aliphatic carbocycles. The van der Waals surface area contributed by atoms with Crippen LogP contribution in [0.4, 0.5) is 0 Å². The second-order valence-corrected chi connectivity index (χ2v) is 6.63. The summed E-state index contributed by atoms with van der Waals surface area (Å²) in [6.45, 7) is 4.09. The quantitative estimate of drug-likeness (QED) is 0.898. The zero-order valence-corrected chi connectivity index (χ0v) is 14.5. The average molecular weight is 323 g/mol. The van der Waals surface area contributed by atoms with Gasteiger partial charge in [0.25, 0.3) is 5.91 Å². The van der Waals surface area contributed by atoms with Crippen molar-refractivity contribution in [1.29, 1.82) is 0 Å². The van der Waals surface area contributed by atoms with Gasteiger partial charge < -0.3 is 10.1 Å². The molecule has 0 aliphatic heterocycles. The van der Waals surface area contributed by atoms with E-state index in [1.807, 2.05) is 25.1 Å². The van der Waals surface area contributed by atoms with E-state index in [2.05, 4.69) is 36.5 Å². The van der Waals surface area contributed by atoms with Gasteiger partial charge in [-0.2, -0.15) is 0 Å². The number of fused-ring (bicyclic) bond motifs is 1. The number of ether oxygens (including phenoxy) is 1. The Morgan fingerprint density at radius 3 is 2.54 bits per heavy atom. The first kappa shape index (κ1) is 16.6. The summed E-state index contributed by atoms with van der Waals surface area (Å²) >= 11 is 0. The maximum atomic E-state index is 12.1. The highest BCUT2D eigenvalue weighted by molar-refractivity contribution is 5.78. The largest absolute Gasteiger partial charge is 0.484 e. The number of carbonyl (C=O) groups excluding carboxylic acids is 1. The molecule has 2 aromatic carbocycles. The third-order valence-corrected chi connectivity index (χ3v) is 4.64. The van der Waals surface area contributed by atoms with E-state index in [0.29, 0.717) is 0 Å². The Bertz CT molecular complexity index is 706. The van der Waals surface area contributed by atoms with Crippen LogP contribution in [0.5, 0.6) is 5.75 Å². The normalized spacial score (nSPS) is 14.6. The highest BCUT2D eigenvalue weighted by atomic mass is 16.5. The standard InChI is InChI=1S/C21H25NO2/c1-15-7-9-17(10-8-15)16(2)22-21(23)14-24-20-12-11-18-5-3-4-6-19(18)13-20/h7-13,16H,3-6,14H2,1-2H3,(H,22,23)/t16-/m1/s1. The summed E-state index contributed by atoms with van der Waals surface area (Å²) in [6, 6.07) is 14.4. The van der Waals surface area contributed by atoms with Gasteiger partial charge >= 0.3 is 0 Å². The van der Waals surface area contributed by atoms with Gasteiger partial charge in [-0.05, 0) is 68.4 Å². The average Bonchev–Trinajstić information content (AvgIpc) is 2.60. The van der Waals surface area contributed by atoms with Crippen molar-refractivity contribution in [2.24, 2.45) is 0 Å². The third-order valence-electron chi connectivity index (χ3n) is 4.64. The Kier molecular flexibility index (Phi) is 5.19. The van der Waals surface area contributed by atoms with Crippen LogP contribution in [0, 0.1) is 6.92 Å². The summed E-state index contributed by atoms with van der Waals surface area (Å²) in [5.74, 6) is 0.689. The molecule has 3 nitrogen and oxygen atoms in total. The number of rotatable bonds is 5. The minimum Gasteiger partial charge on any atom is -0.484 e. The molecule has 0 saturated heterocycles. The van der Waals surface area contributed by atoms with Crippen LogP contribution in [0.3, 0.4) is 0 Å². The zero-order chi connectivity index (χ0) is 16.9. The maximum Gasteiger partial charge on any atom is 0.258 e. The van der Waals surface area contributed by atoms with Crippen molar-refractivity contribution in [2.75, 3.05) is 6.61 Å². The third kappa shape index (κ3) is 4.16. The zero-order valence-electron chi connectivity index (χ0n) is 14.5. The van der Waals surface area contributed by atoms with Gasteiger partial charge in [-0.3, -0.25) is 4.79 Å². The van der Waals surface area contributed by atoms with Gasteiger partial charge in [-0.25, -0.2) is 0 Å². The summed E-state index contributed by atoms with van der Waals surface area (Å²) in [5.41, 5.74) is 5.11. The number of hydrogen-bond acceptors (Lipinski definition) is 2. The molecule has 1 N–H and O–H groups in total. The van der Waals surface area contributed by atoms with E-state index < -0.39 is 0 Å². The second kappa shape index (κ2) is 7.52. The van der Waals surface area contributed by atoms with Crippen LogP contribution in [0.15, 0.2) is 42.5 Å². The smallest absolute Gasteiger partial charge is 0.258 e. The number of amides is 1. The first-order valence-electron chi connectivity index (χ1n) is 8.72. The van der Waals surface area contributed by atoms with E-state index in [1.54, 1.807) is 0 Å². The molecular weight excluding hydrogens is 298 g/mol. The van der Waals surface area contributed by atoms with Crippen LogP contribution >= 0.6 is 0 Å². The van der Waals surface area contributed by atoms with Crippen LogP contribution in [0.25, 0.3) is 0 Å². The lowest BCUT2D eigenvalue weighted by atomic mass is 9.92. The van der Waals surface area contributed by atoms with Gasteiger partial charge in [0.05, 0.1) is 6.04 Å². The van der Waals surface area contributed by atoms with Gasteiger partial charge in [0.2, 0.25) is 0 Å². The molecule has 1 aliphatic rings. The van der Waals surface area contributed by atoms with E-state index in [-0.39, 0.29) is 18.6 Å². The van der Waals surface area contributed by atoms with Crippen molar-refractivity contribution < 1.29 is 9.53 Å². The Labute approximate surface area is 144 Å². The highest BCUT2D eigenvalue weighted by Crippen LogP contribution is 2.25. The van der Waals surface area contributed by atoms with E-state index in [4.69, 9.17) is 4.74 Å². The summed E-state index contributed by atoms with van der Waals surface area (Å²) in [5, 5.41) is 2.98. The molecule has 0 radical (unpaired) electrons. The molecule has 0 fully saturated rings. The number of hydrogen-bond donors (Lipinski definition) is 1. The van der Waals surface area contributed by atoms with E-state index in [1.165, 1.54) is 29.5 Å². The van der Waals surface area contributed by atoms with Crippen molar-refractivity contribution in [3.63, 3.8) is 0 Å². The lowest BCUT2D eigenvalue weighted by Gasteiger charge is -2.17. The number of benzene rings is 2. The molecule has 24 heavy (non-hydrogen) atoms. The Hall–Kier alpha value is -2.29. The second-order valence-electron chi connectivity index (χ2n) is 6.63. The van der Waals surface area contributed by atoms with Crippen LogP contribution < -0.4 is 10.1 Å². The predicted molar refractivity (Wildman–Crippen MR) is 96.3 cm³/mol. The van der Waals surface area contributed by atoms with Crippen LogP contribution in [0.1, 0.15) is 48.1 Å². The molecule has 0 unspecified atom stereocenters. The minimum atomic E-state index is -0.0965. The number of aryl methyl sites for hydroxylation is 3. The van der Waals surface area contributed by atoms with Crippen molar-refractivity contribution in [1.82, 2.24) is 5.32 Å². The van der Waals surface area contributed by atoms with Gasteiger partial charge in [0.15, 0.2) is 6.61 Å².